The Bertz CT molecular complexity index is 498. The van der Waals surface area contributed by atoms with Crippen molar-refractivity contribution in [2.24, 2.45) is 5.92 Å². The average Bonchev–Trinajstić information content (AvgIpc) is 2.48. The SMILES string of the molecule is CC(C)c1ncc(Cl)c(C(=O)NC(C)C2CCCCC2)n1. The number of carbonyl (C=O) groups is 1. The minimum atomic E-state index is -0.192. The Morgan fingerprint density at radius 1 is 1.29 bits per heavy atom. The van der Waals surface area contributed by atoms with Gasteiger partial charge in [-0.3, -0.25) is 4.79 Å². The van der Waals surface area contributed by atoms with Crippen molar-refractivity contribution in [2.75, 3.05) is 0 Å². The van der Waals surface area contributed by atoms with E-state index in [1.54, 1.807) is 0 Å². The lowest BCUT2D eigenvalue weighted by Gasteiger charge is -2.28. The summed E-state index contributed by atoms with van der Waals surface area (Å²) in [7, 11) is 0. The molecule has 1 saturated carbocycles. The van der Waals surface area contributed by atoms with Crippen molar-refractivity contribution >= 4 is 17.5 Å². The number of hydrogen-bond donors (Lipinski definition) is 1. The van der Waals surface area contributed by atoms with Crippen LogP contribution in [0.25, 0.3) is 0 Å². The van der Waals surface area contributed by atoms with Gasteiger partial charge in [-0.05, 0) is 25.7 Å². The summed E-state index contributed by atoms with van der Waals surface area (Å²) in [5, 5.41) is 3.37. The molecule has 1 aliphatic carbocycles. The summed E-state index contributed by atoms with van der Waals surface area (Å²) < 4.78 is 0. The summed E-state index contributed by atoms with van der Waals surface area (Å²) in [5.74, 6) is 1.19. The fourth-order valence-corrected chi connectivity index (χ4v) is 3.02. The minimum Gasteiger partial charge on any atom is -0.348 e. The third-order valence-electron chi connectivity index (χ3n) is 4.21. The topological polar surface area (TPSA) is 54.9 Å². The van der Waals surface area contributed by atoms with Crippen LogP contribution in [0.3, 0.4) is 0 Å². The highest BCUT2D eigenvalue weighted by Gasteiger charge is 2.23. The van der Waals surface area contributed by atoms with Crippen molar-refractivity contribution < 1.29 is 4.79 Å². The summed E-state index contributed by atoms with van der Waals surface area (Å²) in [6, 6.07) is 0.159. The van der Waals surface area contributed by atoms with E-state index in [2.05, 4.69) is 22.2 Å². The summed E-state index contributed by atoms with van der Waals surface area (Å²) in [4.78, 5) is 20.9. The van der Waals surface area contributed by atoms with Crippen LogP contribution >= 0.6 is 11.6 Å². The van der Waals surface area contributed by atoms with Crippen LogP contribution in [-0.2, 0) is 0 Å². The predicted octanol–water partition coefficient (Wildman–Crippen LogP) is 3.95. The van der Waals surface area contributed by atoms with Gasteiger partial charge < -0.3 is 5.32 Å². The second kappa shape index (κ2) is 7.21. The van der Waals surface area contributed by atoms with Gasteiger partial charge in [-0.2, -0.15) is 0 Å². The molecule has 1 unspecified atom stereocenters. The Hall–Kier alpha value is -1.16. The van der Waals surface area contributed by atoms with Crippen LogP contribution in [0.2, 0.25) is 5.02 Å². The predicted molar refractivity (Wildman–Crippen MR) is 84.6 cm³/mol. The molecule has 0 aliphatic heterocycles. The molecule has 1 aromatic heterocycles. The van der Waals surface area contributed by atoms with Gasteiger partial charge in [0.1, 0.15) is 11.5 Å². The number of amides is 1. The zero-order chi connectivity index (χ0) is 15.4. The highest BCUT2D eigenvalue weighted by molar-refractivity contribution is 6.33. The van der Waals surface area contributed by atoms with E-state index in [4.69, 9.17) is 11.6 Å². The number of nitrogens with one attached hydrogen (secondary N) is 1. The maximum atomic E-state index is 12.4. The van der Waals surface area contributed by atoms with Crippen molar-refractivity contribution in [2.45, 2.75) is 64.8 Å². The van der Waals surface area contributed by atoms with Gasteiger partial charge in [0.15, 0.2) is 0 Å². The minimum absolute atomic E-state index is 0.159. The average molecular weight is 310 g/mol. The number of halogens is 1. The maximum absolute atomic E-state index is 12.4. The van der Waals surface area contributed by atoms with E-state index in [0.717, 1.165) is 0 Å². The van der Waals surface area contributed by atoms with Gasteiger partial charge in [0.25, 0.3) is 5.91 Å². The smallest absolute Gasteiger partial charge is 0.271 e. The van der Waals surface area contributed by atoms with Gasteiger partial charge >= 0.3 is 0 Å². The number of rotatable bonds is 4. The Kier molecular flexibility index (Phi) is 5.57. The van der Waals surface area contributed by atoms with Crippen LogP contribution < -0.4 is 5.32 Å². The quantitative estimate of drug-likeness (QED) is 0.916. The maximum Gasteiger partial charge on any atom is 0.271 e. The van der Waals surface area contributed by atoms with Gasteiger partial charge in [-0.25, -0.2) is 9.97 Å². The molecule has 5 heteroatoms. The second-order valence-corrected chi connectivity index (χ2v) is 6.65. The first-order chi connectivity index (χ1) is 9.99. The van der Waals surface area contributed by atoms with Gasteiger partial charge in [0, 0.05) is 12.0 Å². The molecule has 1 aromatic rings. The first-order valence-corrected chi connectivity index (χ1v) is 8.20. The summed E-state index contributed by atoms with van der Waals surface area (Å²) in [6.07, 6.45) is 7.73. The zero-order valence-corrected chi connectivity index (χ0v) is 13.8. The van der Waals surface area contributed by atoms with Crippen LogP contribution in [-0.4, -0.2) is 21.9 Å². The van der Waals surface area contributed by atoms with Crippen molar-refractivity contribution in [1.82, 2.24) is 15.3 Å². The Morgan fingerprint density at radius 3 is 2.57 bits per heavy atom. The number of hydrogen-bond acceptors (Lipinski definition) is 3. The lowest BCUT2D eigenvalue weighted by Crippen LogP contribution is -2.39. The highest BCUT2D eigenvalue weighted by Crippen LogP contribution is 2.26. The van der Waals surface area contributed by atoms with Crippen LogP contribution in [0, 0.1) is 5.92 Å². The molecule has 0 aromatic carbocycles. The standard InChI is InChI=1S/C16H24ClN3O/c1-10(2)15-18-9-13(17)14(20-15)16(21)19-11(3)12-7-5-4-6-8-12/h9-12H,4-8H2,1-3H3,(H,19,21). The first kappa shape index (κ1) is 16.2. The van der Waals surface area contributed by atoms with Crippen molar-refractivity contribution in [1.29, 1.82) is 0 Å². The first-order valence-electron chi connectivity index (χ1n) is 7.82. The van der Waals surface area contributed by atoms with Gasteiger partial charge in [0.2, 0.25) is 0 Å². The fourth-order valence-electron chi connectivity index (χ4n) is 2.85. The fraction of sp³-hybridized carbons (Fsp3) is 0.688. The van der Waals surface area contributed by atoms with E-state index in [1.165, 1.54) is 38.3 Å². The Morgan fingerprint density at radius 2 is 1.95 bits per heavy atom. The molecule has 1 amide bonds. The molecule has 1 fully saturated rings. The number of nitrogens with zero attached hydrogens (tertiary/aromatic N) is 2. The van der Waals surface area contributed by atoms with Crippen LogP contribution in [0.5, 0.6) is 0 Å². The molecule has 4 nitrogen and oxygen atoms in total. The summed E-state index contributed by atoms with van der Waals surface area (Å²) in [5.41, 5.74) is 0.290. The third kappa shape index (κ3) is 4.16. The van der Waals surface area contributed by atoms with E-state index >= 15 is 0 Å². The van der Waals surface area contributed by atoms with Crippen molar-refractivity contribution in [3.63, 3.8) is 0 Å². The zero-order valence-electron chi connectivity index (χ0n) is 13.0. The molecular formula is C16H24ClN3O. The van der Waals surface area contributed by atoms with E-state index in [0.29, 0.717) is 16.8 Å². The van der Waals surface area contributed by atoms with E-state index in [9.17, 15) is 4.79 Å². The van der Waals surface area contributed by atoms with E-state index < -0.39 is 0 Å². The monoisotopic (exact) mass is 309 g/mol. The Balaban J connectivity index is 2.07. The van der Waals surface area contributed by atoms with Gasteiger partial charge in [0.05, 0.1) is 11.2 Å². The molecule has 2 rings (SSSR count). The molecule has 1 atom stereocenters. The molecular weight excluding hydrogens is 286 g/mol. The second-order valence-electron chi connectivity index (χ2n) is 6.24. The summed E-state index contributed by atoms with van der Waals surface area (Å²) >= 11 is 6.08. The normalized spacial score (nSPS) is 17.8. The lowest BCUT2D eigenvalue weighted by molar-refractivity contribution is 0.0914. The molecule has 0 radical (unpaired) electrons. The molecule has 1 heterocycles. The van der Waals surface area contributed by atoms with E-state index in [1.807, 2.05) is 13.8 Å². The van der Waals surface area contributed by atoms with Crippen LogP contribution in [0.15, 0.2) is 6.20 Å². The van der Waals surface area contributed by atoms with E-state index in [-0.39, 0.29) is 23.6 Å². The third-order valence-corrected chi connectivity index (χ3v) is 4.49. The number of aromatic nitrogens is 2. The van der Waals surface area contributed by atoms with Crippen molar-refractivity contribution in [3.05, 3.63) is 22.7 Å². The summed E-state index contributed by atoms with van der Waals surface area (Å²) in [6.45, 7) is 6.07. The van der Waals surface area contributed by atoms with Gasteiger partial charge in [-0.15, -0.1) is 0 Å². The molecule has 1 N–H and O–H groups in total. The van der Waals surface area contributed by atoms with Crippen LogP contribution in [0.4, 0.5) is 0 Å². The van der Waals surface area contributed by atoms with Crippen molar-refractivity contribution in [3.8, 4) is 0 Å². The number of carbonyl (C=O) groups excluding carboxylic acids is 1. The molecule has 21 heavy (non-hydrogen) atoms. The molecule has 0 bridgehead atoms. The molecule has 0 saturated heterocycles. The largest absolute Gasteiger partial charge is 0.348 e. The van der Waals surface area contributed by atoms with Gasteiger partial charge in [-0.1, -0.05) is 44.7 Å². The Labute approximate surface area is 131 Å². The highest BCUT2D eigenvalue weighted by atomic mass is 35.5. The molecule has 116 valence electrons. The van der Waals surface area contributed by atoms with Crippen LogP contribution in [0.1, 0.15) is 75.1 Å². The molecule has 1 aliphatic rings. The molecule has 0 spiro atoms. The lowest BCUT2D eigenvalue weighted by atomic mass is 9.84.